The molecule has 2 aromatic rings. The summed E-state index contributed by atoms with van der Waals surface area (Å²) >= 11 is 0. The lowest BCUT2D eigenvalue weighted by Gasteiger charge is -2.22. The fraction of sp³-hybridized carbons (Fsp3) is 0.381. The van der Waals surface area contributed by atoms with Crippen molar-refractivity contribution in [3.8, 4) is 5.75 Å². The van der Waals surface area contributed by atoms with Crippen LogP contribution in [0.1, 0.15) is 29.3 Å². The Hall–Kier alpha value is -2.89. The molecular formula is C21H25N3O3. The Morgan fingerprint density at radius 1 is 1.04 bits per heavy atom. The Labute approximate surface area is 159 Å². The molecule has 1 saturated heterocycles. The van der Waals surface area contributed by atoms with Gasteiger partial charge >= 0.3 is 0 Å². The zero-order valence-electron chi connectivity index (χ0n) is 15.6. The second-order valence-corrected chi connectivity index (χ2v) is 6.52. The molecule has 1 aliphatic heterocycles. The minimum absolute atomic E-state index is 0.0242. The van der Waals surface area contributed by atoms with Crippen molar-refractivity contribution in [3.05, 3.63) is 59.9 Å². The van der Waals surface area contributed by atoms with Gasteiger partial charge in [0.15, 0.2) is 0 Å². The average molecular weight is 367 g/mol. The Bertz CT molecular complexity index is 762. The molecule has 0 aliphatic carbocycles. The van der Waals surface area contributed by atoms with E-state index in [1.165, 1.54) is 0 Å². The SMILES string of the molecule is CCOc1ccc(CC(=O)N2CCCN(C(=O)c3cccnc3)CC2)cc1. The van der Waals surface area contributed by atoms with Gasteiger partial charge in [-0.2, -0.15) is 0 Å². The van der Waals surface area contributed by atoms with Gasteiger partial charge in [0, 0.05) is 38.6 Å². The van der Waals surface area contributed by atoms with Crippen LogP contribution in [0.4, 0.5) is 0 Å². The highest BCUT2D eigenvalue weighted by molar-refractivity contribution is 5.94. The number of carbonyl (C=O) groups excluding carboxylic acids is 2. The molecule has 1 aromatic heterocycles. The molecular weight excluding hydrogens is 342 g/mol. The summed E-state index contributed by atoms with van der Waals surface area (Å²) in [5, 5.41) is 0. The van der Waals surface area contributed by atoms with E-state index in [0.717, 1.165) is 17.7 Å². The minimum Gasteiger partial charge on any atom is -0.494 e. The number of amides is 2. The van der Waals surface area contributed by atoms with Crippen LogP contribution in [0.3, 0.4) is 0 Å². The molecule has 142 valence electrons. The molecule has 1 fully saturated rings. The molecule has 0 bridgehead atoms. The van der Waals surface area contributed by atoms with Gasteiger partial charge in [-0.25, -0.2) is 0 Å². The van der Waals surface area contributed by atoms with Crippen molar-refractivity contribution in [1.29, 1.82) is 0 Å². The molecule has 2 amide bonds. The quantitative estimate of drug-likeness (QED) is 0.814. The summed E-state index contributed by atoms with van der Waals surface area (Å²) in [7, 11) is 0. The van der Waals surface area contributed by atoms with Gasteiger partial charge in [0.05, 0.1) is 18.6 Å². The van der Waals surface area contributed by atoms with Gasteiger partial charge in [0.2, 0.25) is 5.91 Å². The van der Waals surface area contributed by atoms with Crippen LogP contribution in [0.15, 0.2) is 48.8 Å². The van der Waals surface area contributed by atoms with Crippen molar-refractivity contribution in [3.63, 3.8) is 0 Å². The van der Waals surface area contributed by atoms with Gasteiger partial charge in [-0.3, -0.25) is 14.6 Å². The molecule has 0 saturated carbocycles. The van der Waals surface area contributed by atoms with E-state index in [0.29, 0.717) is 44.8 Å². The van der Waals surface area contributed by atoms with Gasteiger partial charge in [-0.15, -0.1) is 0 Å². The maximum absolute atomic E-state index is 12.7. The van der Waals surface area contributed by atoms with E-state index in [1.54, 1.807) is 29.4 Å². The molecule has 3 rings (SSSR count). The largest absolute Gasteiger partial charge is 0.494 e. The first-order valence-corrected chi connectivity index (χ1v) is 9.36. The average Bonchev–Trinajstić information content (AvgIpc) is 2.96. The first-order chi connectivity index (χ1) is 13.2. The van der Waals surface area contributed by atoms with Crippen LogP contribution < -0.4 is 4.74 Å². The first kappa shape index (κ1) is 18.9. The van der Waals surface area contributed by atoms with Crippen LogP contribution in [-0.2, 0) is 11.2 Å². The second-order valence-electron chi connectivity index (χ2n) is 6.52. The molecule has 6 heteroatoms. The lowest BCUT2D eigenvalue weighted by molar-refractivity contribution is -0.130. The molecule has 6 nitrogen and oxygen atoms in total. The maximum atomic E-state index is 12.7. The minimum atomic E-state index is -0.0242. The highest BCUT2D eigenvalue weighted by Gasteiger charge is 2.23. The third-order valence-corrected chi connectivity index (χ3v) is 4.63. The van der Waals surface area contributed by atoms with Crippen molar-refractivity contribution < 1.29 is 14.3 Å². The molecule has 2 heterocycles. The number of ether oxygens (including phenoxy) is 1. The van der Waals surface area contributed by atoms with Crippen molar-refractivity contribution in [2.45, 2.75) is 19.8 Å². The summed E-state index contributed by atoms with van der Waals surface area (Å²) in [6.07, 6.45) is 4.38. The summed E-state index contributed by atoms with van der Waals surface area (Å²) in [6.45, 7) is 5.00. The van der Waals surface area contributed by atoms with Crippen LogP contribution in [0.5, 0.6) is 5.75 Å². The molecule has 1 aliphatic rings. The highest BCUT2D eigenvalue weighted by Crippen LogP contribution is 2.14. The predicted octanol–water partition coefficient (Wildman–Crippen LogP) is 2.40. The third kappa shape index (κ3) is 5.06. The highest BCUT2D eigenvalue weighted by atomic mass is 16.5. The number of hydrogen-bond acceptors (Lipinski definition) is 4. The number of carbonyl (C=O) groups is 2. The molecule has 0 unspecified atom stereocenters. The zero-order valence-corrected chi connectivity index (χ0v) is 15.6. The van der Waals surface area contributed by atoms with Crippen LogP contribution >= 0.6 is 0 Å². The number of hydrogen-bond donors (Lipinski definition) is 0. The van der Waals surface area contributed by atoms with E-state index in [9.17, 15) is 9.59 Å². The number of rotatable bonds is 5. The van der Waals surface area contributed by atoms with Crippen molar-refractivity contribution in [2.24, 2.45) is 0 Å². The number of pyridine rings is 1. The molecule has 0 radical (unpaired) electrons. The molecule has 0 N–H and O–H groups in total. The van der Waals surface area contributed by atoms with Gasteiger partial charge < -0.3 is 14.5 Å². The van der Waals surface area contributed by atoms with Gasteiger partial charge in [0.1, 0.15) is 5.75 Å². The Kier molecular flexibility index (Phi) is 6.41. The molecule has 0 atom stereocenters. The van der Waals surface area contributed by atoms with E-state index in [2.05, 4.69) is 4.98 Å². The van der Waals surface area contributed by atoms with Crippen LogP contribution in [-0.4, -0.2) is 59.4 Å². The number of benzene rings is 1. The summed E-state index contributed by atoms with van der Waals surface area (Å²) < 4.78 is 5.43. The van der Waals surface area contributed by atoms with E-state index >= 15 is 0 Å². The fourth-order valence-electron chi connectivity index (χ4n) is 3.20. The van der Waals surface area contributed by atoms with E-state index in [-0.39, 0.29) is 11.8 Å². The monoisotopic (exact) mass is 367 g/mol. The van der Waals surface area contributed by atoms with E-state index in [4.69, 9.17) is 4.74 Å². The fourth-order valence-corrected chi connectivity index (χ4v) is 3.20. The molecule has 0 spiro atoms. The predicted molar refractivity (Wildman–Crippen MR) is 103 cm³/mol. The van der Waals surface area contributed by atoms with Crippen molar-refractivity contribution >= 4 is 11.8 Å². The van der Waals surface area contributed by atoms with Crippen molar-refractivity contribution in [2.75, 3.05) is 32.8 Å². The van der Waals surface area contributed by atoms with Gasteiger partial charge in [0.25, 0.3) is 5.91 Å². The normalized spacial score (nSPS) is 14.6. The Morgan fingerprint density at radius 2 is 1.78 bits per heavy atom. The topological polar surface area (TPSA) is 62.7 Å². The maximum Gasteiger partial charge on any atom is 0.255 e. The standard InChI is InChI=1S/C21H25N3O3/c1-2-27-19-8-6-17(7-9-19)15-20(25)23-11-4-12-24(14-13-23)21(26)18-5-3-10-22-16-18/h3,5-10,16H,2,4,11-15H2,1H3. The Morgan fingerprint density at radius 3 is 2.48 bits per heavy atom. The van der Waals surface area contributed by atoms with Crippen molar-refractivity contribution in [1.82, 2.24) is 14.8 Å². The van der Waals surface area contributed by atoms with Gasteiger partial charge in [-0.1, -0.05) is 12.1 Å². The molecule has 1 aromatic carbocycles. The summed E-state index contributed by atoms with van der Waals surface area (Å²) in [5.74, 6) is 0.881. The van der Waals surface area contributed by atoms with Gasteiger partial charge in [-0.05, 0) is 43.2 Å². The van der Waals surface area contributed by atoms with E-state index in [1.807, 2.05) is 36.1 Å². The van der Waals surface area contributed by atoms with E-state index < -0.39 is 0 Å². The third-order valence-electron chi connectivity index (χ3n) is 4.63. The Balaban J connectivity index is 1.55. The van der Waals surface area contributed by atoms with Crippen LogP contribution in [0.2, 0.25) is 0 Å². The summed E-state index contributed by atoms with van der Waals surface area (Å²) in [6, 6.07) is 11.2. The smallest absolute Gasteiger partial charge is 0.255 e. The summed E-state index contributed by atoms with van der Waals surface area (Å²) in [4.78, 5) is 32.9. The lowest BCUT2D eigenvalue weighted by atomic mass is 10.1. The summed E-state index contributed by atoms with van der Waals surface area (Å²) in [5.41, 5.74) is 1.56. The number of aromatic nitrogens is 1. The lowest BCUT2D eigenvalue weighted by Crippen LogP contribution is -2.38. The van der Waals surface area contributed by atoms with Crippen LogP contribution in [0.25, 0.3) is 0 Å². The number of nitrogens with zero attached hydrogens (tertiary/aromatic N) is 3. The first-order valence-electron chi connectivity index (χ1n) is 9.36. The second kappa shape index (κ2) is 9.16. The molecule has 27 heavy (non-hydrogen) atoms. The van der Waals surface area contributed by atoms with Crippen LogP contribution in [0, 0.1) is 0 Å². The zero-order chi connectivity index (χ0) is 19.1.